The highest BCUT2D eigenvalue weighted by Gasteiger charge is 2.74. The fraction of sp³-hybridized carbons (Fsp3) is 0.667. The first-order valence-electron chi connectivity index (χ1n) is 9.69. The highest BCUT2D eigenvalue weighted by Crippen LogP contribution is 2.66. The van der Waals surface area contributed by atoms with Crippen molar-refractivity contribution in [3.63, 3.8) is 0 Å². The number of fused-ring (bicyclic) bond motifs is 5. The number of carbonyl (C=O) groups excluding carboxylic acids is 2. The van der Waals surface area contributed by atoms with Gasteiger partial charge >= 0.3 is 0 Å². The number of nitrogens with zero attached hydrogens (tertiary/aromatic N) is 1. The summed E-state index contributed by atoms with van der Waals surface area (Å²) in [7, 11) is 0. The van der Waals surface area contributed by atoms with Crippen molar-refractivity contribution in [1.29, 1.82) is 0 Å². The van der Waals surface area contributed by atoms with Crippen LogP contribution in [0, 0.1) is 16.7 Å². The first-order chi connectivity index (χ1) is 13.0. The van der Waals surface area contributed by atoms with Gasteiger partial charge in [-0.3, -0.25) is 14.6 Å². The number of allylic oxidation sites excluding steroid dienone is 4. The molecule has 3 aliphatic carbocycles. The van der Waals surface area contributed by atoms with Crippen molar-refractivity contribution in [2.45, 2.75) is 63.4 Å². The van der Waals surface area contributed by atoms with E-state index < -0.39 is 52.6 Å². The largest absolute Gasteiger partial charge is 0.390 e. The van der Waals surface area contributed by atoms with Crippen molar-refractivity contribution in [2.24, 2.45) is 21.7 Å². The second kappa shape index (κ2) is 5.68. The van der Waals surface area contributed by atoms with Crippen LogP contribution in [-0.4, -0.2) is 62.6 Å². The molecule has 7 heteroatoms. The molecule has 0 spiro atoms. The molecule has 0 radical (unpaired) electrons. The number of aliphatic hydroxyl groups excluding tert-OH is 2. The topological polar surface area (TPSA) is 107 Å². The maximum atomic E-state index is 16.8. The van der Waals surface area contributed by atoms with Crippen LogP contribution in [0.5, 0.6) is 0 Å². The predicted octanol–water partition coefficient (Wildman–Crippen LogP) is 1.08. The van der Waals surface area contributed by atoms with Gasteiger partial charge in [0.2, 0.25) is 0 Å². The molecule has 7 atom stereocenters. The van der Waals surface area contributed by atoms with Crippen LogP contribution in [-0.2, 0) is 9.59 Å². The Bertz CT molecular complexity index is 865. The third kappa shape index (κ3) is 1.95. The molecule has 1 heterocycles. The molecule has 0 amide bonds. The van der Waals surface area contributed by atoms with Crippen molar-refractivity contribution < 1.29 is 29.3 Å². The number of ketones is 2. The van der Waals surface area contributed by atoms with Crippen LogP contribution in [0.15, 0.2) is 28.8 Å². The van der Waals surface area contributed by atoms with Gasteiger partial charge in [0.1, 0.15) is 6.61 Å². The smallest absolute Gasteiger partial charge is 0.196 e. The normalized spacial score (nSPS) is 49.7. The summed E-state index contributed by atoms with van der Waals surface area (Å²) in [6.45, 7) is 3.99. The molecular weight excluding hydrogens is 365 g/mol. The molecule has 2 fully saturated rings. The summed E-state index contributed by atoms with van der Waals surface area (Å²) in [5.41, 5.74) is -5.70. The molecule has 28 heavy (non-hydrogen) atoms. The molecule has 4 aliphatic rings. The molecule has 3 N–H and O–H groups in total. The van der Waals surface area contributed by atoms with Crippen molar-refractivity contribution in [2.75, 3.05) is 6.61 Å². The molecule has 7 unspecified atom stereocenters. The third-order valence-electron chi connectivity index (χ3n) is 7.99. The minimum atomic E-state index is -2.09. The molecule has 0 aromatic carbocycles. The average molecular weight is 391 g/mol. The second-order valence-electron chi connectivity index (χ2n) is 9.11. The fourth-order valence-electron chi connectivity index (χ4n) is 6.38. The van der Waals surface area contributed by atoms with Gasteiger partial charge in [-0.05, 0) is 45.3 Å². The number of Topliss-reactive ketones (excluding diaryl/α,β-unsaturated/α-hetero) is 1. The van der Waals surface area contributed by atoms with Crippen LogP contribution in [0.3, 0.4) is 0 Å². The quantitative estimate of drug-likeness (QED) is 0.653. The lowest BCUT2D eigenvalue weighted by Crippen LogP contribution is -2.71. The highest BCUT2D eigenvalue weighted by molar-refractivity contribution is 6.14. The number of rotatable bonds is 2. The van der Waals surface area contributed by atoms with Gasteiger partial charge in [-0.15, -0.1) is 0 Å². The van der Waals surface area contributed by atoms with E-state index in [4.69, 9.17) is 0 Å². The molecule has 4 rings (SSSR count). The fourth-order valence-corrected chi connectivity index (χ4v) is 6.38. The maximum absolute atomic E-state index is 16.8. The van der Waals surface area contributed by atoms with E-state index >= 15 is 4.39 Å². The van der Waals surface area contributed by atoms with Gasteiger partial charge in [0.25, 0.3) is 0 Å². The van der Waals surface area contributed by atoms with Crippen LogP contribution >= 0.6 is 0 Å². The Morgan fingerprint density at radius 3 is 2.71 bits per heavy atom. The minimum Gasteiger partial charge on any atom is -0.390 e. The SMILES string of the molecule is CC1=NC2C3CCC4=CC(=O)C=CC4(C)C3(F)C(O)CC2(C)C1(O)C(=O)CO. The van der Waals surface area contributed by atoms with Crippen molar-refractivity contribution in [3.8, 4) is 0 Å². The van der Waals surface area contributed by atoms with Gasteiger partial charge in [0, 0.05) is 22.5 Å². The van der Waals surface area contributed by atoms with Gasteiger partial charge in [-0.1, -0.05) is 18.6 Å². The van der Waals surface area contributed by atoms with Crippen LogP contribution < -0.4 is 0 Å². The van der Waals surface area contributed by atoms with E-state index in [1.807, 2.05) is 0 Å². The summed E-state index contributed by atoms with van der Waals surface area (Å²) >= 11 is 0. The number of halogens is 1. The van der Waals surface area contributed by atoms with E-state index in [0.29, 0.717) is 18.4 Å². The Hall–Kier alpha value is -1.70. The summed E-state index contributed by atoms with van der Waals surface area (Å²) in [6.07, 6.45) is 3.50. The summed E-state index contributed by atoms with van der Waals surface area (Å²) in [6, 6.07) is -0.717. The Balaban J connectivity index is 1.86. The van der Waals surface area contributed by atoms with E-state index in [0.717, 1.165) is 0 Å². The number of aliphatic imine (C=N–C) groups is 1. The Morgan fingerprint density at radius 1 is 1.39 bits per heavy atom. The molecule has 0 bridgehead atoms. The molecule has 2 saturated carbocycles. The minimum absolute atomic E-state index is 0.149. The van der Waals surface area contributed by atoms with Crippen molar-refractivity contribution in [1.82, 2.24) is 0 Å². The van der Waals surface area contributed by atoms with Crippen LogP contribution in [0.25, 0.3) is 0 Å². The van der Waals surface area contributed by atoms with Gasteiger partial charge in [0.05, 0.1) is 12.1 Å². The number of alkyl halides is 1. The molecule has 152 valence electrons. The van der Waals surface area contributed by atoms with Crippen LogP contribution in [0.4, 0.5) is 4.39 Å². The lowest BCUT2D eigenvalue weighted by Gasteiger charge is -2.61. The van der Waals surface area contributed by atoms with Crippen molar-refractivity contribution in [3.05, 3.63) is 23.8 Å². The Kier molecular flexibility index (Phi) is 3.98. The summed E-state index contributed by atoms with van der Waals surface area (Å²) in [5.74, 6) is -1.72. The molecule has 0 aromatic rings. The Labute approximate surface area is 162 Å². The second-order valence-corrected chi connectivity index (χ2v) is 9.11. The number of hydrogen-bond acceptors (Lipinski definition) is 6. The van der Waals surface area contributed by atoms with Gasteiger partial charge in [0.15, 0.2) is 22.8 Å². The van der Waals surface area contributed by atoms with E-state index in [1.165, 1.54) is 19.1 Å². The van der Waals surface area contributed by atoms with Crippen molar-refractivity contribution >= 4 is 17.3 Å². The van der Waals surface area contributed by atoms with E-state index in [2.05, 4.69) is 4.99 Å². The van der Waals surface area contributed by atoms with E-state index in [-0.39, 0.29) is 17.9 Å². The molecule has 1 aliphatic heterocycles. The maximum Gasteiger partial charge on any atom is 0.196 e. The van der Waals surface area contributed by atoms with E-state index in [1.54, 1.807) is 19.9 Å². The highest BCUT2D eigenvalue weighted by atomic mass is 19.1. The standard InChI is InChI=1S/C21H26FNO5/c1-11-21(28,16(27)10-24)19(3)9-15(26)20(22)14(17(19)23-11)5-4-12-8-13(25)6-7-18(12,20)2/h6-8,14-15,17,24,26,28H,4-5,9-10H2,1-3H3. The third-order valence-corrected chi connectivity index (χ3v) is 7.99. The van der Waals surface area contributed by atoms with Crippen LogP contribution in [0.1, 0.15) is 40.0 Å². The lowest BCUT2D eigenvalue weighted by atomic mass is 9.45. The molecule has 0 aromatic heterocycles. The summed E-state index contributed by atoms with van der Waals surface area (Å²) < 4.78 is 16.8. The van der Waals surface area contributed by atoms with Gasteiger partial charge < -0.3 is 15.3 Å². The zero-order valence-corrected chi connectivity index (χ0v) is 16.3. The number of hydrogen-bond donors (Lipinski definition) is 3. The summed E-state index contributed by atoms with van der Waals surface area (Å²) in [4.78, 5) is 28.8. The van der Waals surface area contributed by atoms with Gasteiger partial charge in [-0.25, -0.2) is 4.39 Å². The molecular formula is C21H26FNO5. The summed E-state index contributed by atoms with van der Waals surface area (Å²) in [5, 5.41) is 31.7. The molecule has 6 nitrogen and oxygen atoms in total. The average Bonchev–Trinajstić information content (AvgIpc) is 2.84. The van der Waals surface area contributed by atoms with Crippen LogP contribution in [0.2, 0.25) is 0 Å². The number of aliphatic hydroxyl groups is 3. The predicted molar refractivity (Wildman–Crippen MR) is 99.6 cm³/mol. The Morgan fingerprint density at radius 2 is 2.07 bits per heavy atom. The van der Waals surface area contributed by atoms with Gasteiger partial charge in [-0.2, -0.15) is 0 Å². The zero-order chi connectivity index (χ0) is 20.7. The zero-order valence-electron chi connectivity index (χ0n) is 16.3. The first kappa shape index (κ1) is 19.6. The monoisotopic (exact) mass is 391 g/mol. The first-order valence-corrected chi connectivity index (χ1v) is 9.69. The lowest BCUT2D eigenvalue weighted by molar-refractivity contribution is -0.199. The molecule has 0 saturated heterocycles. The van der Waals surface area contributed by atoms with E-state index in [9.17, 15) is 24.9 Å². The number of carbonyl (C=O) groups is 2.